The largest absolute Gasteiger partial charge is 0.439 e. The number of fused-ring (bicyclic) bond motifs is 1. The monoisotopic (exact) mass is 226 g/mol. The van der Waals surface area contributed by atoms with Crippen LogP contribution in [0.15, 0.2) is 15.1 Å². The fourth-order valence-corrected chi connectivity index (χ4v) is 1.64. The zero-order chi connectivity index (χ0) is 8.72. The van der Waals surface area contributed by atoms with Gasteiger partial charge in [-0.05, 0) is 34.5 Å². The third-order valence-corrected chi connectivity index (χ3v) is 2.03. The van der Waals surface area contributed by atoms with Crippen LogP contribution in [0.1, 0.15) is 11.5 Å². The topological polar surface area (TPSA) is 38.9 Å². The van der Waals surface area contributed by atoms with Crippen LogP contribution in [0.4, 0.5) is 0 Å². The zero-order valence-corrected chi connectivity index (χ0v) is 8.34. The smallest absolute Gasteiger partial charge is 0.200 e. The number of pyridine rings is 1. The Hall–Kier alpha value is -0.900. The maximum Gasteiger partial charge on any atom is 0.200 e. The van der Waals surface area contributed by atoms with E-state index in [-0.39, 0.29) is 0 Å². The SMILES string of the molecule is Cc1nc2nc(Br)cc(C)c2o1. The highest BCUT2D eigenvalue weighted by Gasteiger charge is 2.06. The van der Waals surface area contributed by atoms with Crippen LogP contribution in [-0.4, -0.2) is 9.97 Å². The second kappa shape index (κ2) is 2.55. The Bertz CT molecular complexity index is 436. The van der Waals surface area contributed by atoms with E-state index < -0.39 is 0 Å². The average molecular weight is 227 g/mol. The van der Waals surface area contributed by atoms with Crippen LogP contribution in [0.5, 0.6) is 0 Å². The number of rotatable bonds is 0. The highest BCUT2D eigenvalue weighted by Crippen LogP contribution is 2.20. The molecule has 2 rings (SSSR count). The van der Waals surface area contributed by atoms with Crippen LogP contribution < -0.4 is 0 Å². The van der Waals surface area contributed by atoms with Gasteiger partial charge in [-0.1, -0.05) is 0 Å². The van der Waals surface area contributed by atoms with Gasteiger partial charge in [-0.2, -0.15) is 4.98 Å². The van der Waals surface area contributed by atoms with Crippen molar-refractivity contribution in [3.05, 3.63) is 22.1 Å². The molecule has 0 unspecified atom stereocenters. The van der Waals surface area contributed by atoms with Gasteiger partial charge in [0.05, 0.1) is 0 Å². The summed E-state index contributed by atoms with van der Waals surface area (Å²) in [5.74, 6) is 0.652. The molecule has 0 atom stereocenters. The molecule has 0 amide bonds. The molecule has 0 saturated heterocycles. The van der Waals surface area contributed by atoms with Crippen LogP contribution in [0.25, 0.3) is 11.2 Å². The van der Waals surface area contributed by atoms with Gasteiger partial charge in [0, 0.05) is 6.92 Å². The van der Waals surface area contributed by atoms with E-state index in [4.69, 9.17) is 4.42 Å². The quantitative estimate of drug-likeness (QED) is 0.649. The molecule has 12 heavy (non-hydrogen) atoms. The lowest BCUT2D eigenvalue weighted by Crippen LogP contribution is -1.81. The van der Waals surface area contributed by atoms with Crippen LogP contribution in [0, 0.1) is 13.8 Å². The number of aryl methyl sites for hydroxylation is 2. The first-order chi connectivity index (χ1) is 5.66. The highest BCUT2D eigenvalue weighted by molar-refractivity contribution is 9.10. The van der Waals surface area contributed by atoms with Gasteiger partial charge in [0.1, 0.15) is 4.60 Å². The second-order valence-corrected chi connectivity index (χ2v) is 3.46. The van der Waals surface area contributed by atoms with Gasteiger partial charge >= 0.3 is 0 Å². The fraction of sp³-hybridized carbons (Fsp3) is 0.250. The van der Waals surface area contributed by atoms with Gasteiger partial charge in [0.25, 0.3) is 0 Å². The normalized spacial score (nSPS) is 10.9. The summed E-state index contributed by atoms with van der Waals surface area (Å²) in [6.45, 7) is 3.79. The predicted molar refractivity (Wildman–Crippen MR) is 49.0 cm³/mol. The summed E-state index contributed by atoms with van der Waals surface area (Å²) in [5.41, 5.74) is 2.49. The average Bonchev–Trinajstić information content (AvgIpc) is 2.29. The number of hydrogen-bond donors (Lipinski definition) is 0. The van der Waals surface area contributed by atoms with E-state index in [1.807, 2.05) is 19.9 Å². The maximum atomic E-state index is 5.36. The fourth-order valence-electron chi connectivity index (χ4n) is 1.13. The molecule has 0 aliphatic carbocycles. The van der Waals surface area contributed by atoms with Gasteiger partial charge in [-0.3, -0.25) is 0 Å². The molecule has 0 spiro atoms. The van der Waals surface area contributed by atoms with E-state index in [1.54, 1.807) is 0 Å². The summed E-state index contributed by atoms with van der Waals surface area (Å²) >= 11 is 3.30. The first-order valence-electron chi connectivity index (χ1n) is 3.57. The van der Waals surface area contributed by atoms with Gasteiger partial charge in [-0.15, -0.1) is 0 Å². The third kappa shape index (κ3) is 1.12. The minimum atomic E-state index is 0.652. The van der Waals surface area contributed by atoms with Crippen molar-refractivity contribution in [3.8, 4) is 0 Å². The molecular weight excluding hydrogens is 220 g/mol. The van der Waals surface area contributed by atoms with Crippen LogP contribution >= 0.6 is 15.9 Å². The Labute approximate surface area is 77.9 Å². The Morgan fingerprint density at radius 2 is 2.08 bits per heavy atom. The second-order valence-electron chi connectivity index (χ2n) is 2.65. The van der Waals surface area contributed by atoms with Crippen LogP contribution in [0.2, 0.25) is 0 Å². The molecular formula is C8H7BrN2O. The van der Waals surface area contributed by atoms with Crippen molar-refractivity contribution >= 4 is 27.2 Å². The Balaban J connectivity index is 2.88. The Kier molecular flexibility index (Phi) is 1.65. The molecule has 0 fully saturated rings. The molecule has 0 aliphatic heterocycles. The van der Waals surface area contributed by atoms with E-state index in [0.717, 1.165) is 15.7 Å². The molecule has 3 nitrogen and oxygen atoms in total. The summed E-state index contributed by atoms with van der Waals surface area (Å²) < 4.78 is 6.15. The van der Waals surface area contributed by atoms with Gasteiger partial charge in [-0.25, -0.2) is 4.98 Å². The Morgan fingerprint density at radius 3 is 2.83 bits per heavy atom. The molecule has 2 heterocycles. The van der Waals surface area contributed by atoms with Crippen LogP contribution in [-0.2, 0) is 0 Å². The van der Waals surface area contributed by atoms with Crippen molar-refractivity contribution in [1.29, 1.82) is 0 Å². The molecule has 4 heteroatoms. The van der Waals surface area contributed by atoms with Crippen LogP contribution in [0.3, 0.4) is 0 Å². The number of halogens is 1. The molecule has 0 N–H and O–H groups in total. The molecule has 2 aromatic rings. The number of oxazole rings is 1. The van der Waals surface area contributed by atoms with Crippen molar-refractivity contribution in [2.24, 2.45) is 0 Å². The maximum absolute atomic E-state index is 5.36. The highest BCUT2D eigenvalue weighted by atomic mass is 79.9. The summed E-state index contributed by atoms with van der Waals surface area (Å²) in [5, 5.41) is 0. The molecule has 0 saturated carbocycles. The van der Waals surface area contributed by atoms with Crippen molar-refractivity contribution < 1.29 is 4.42 Å². The summed E-state index contributed by atoms with van der Waals surface area (Å²) in [6.07, 6.45) is 0. The summed E-state index contributed by atoms with van der Waals surface area (Å²) in [7, 11) is 0. The van der Waals surface area contributed by atoms with Crippen molar-refractivity contribution in [1.82, 2.24) is 9.97 Å². The first-order valence-corrected chi connectivity index (χ1v) is 4.36. The van der Waals surface area contributed by atoms with E-state index in [1.165, 1.54) is 0 Å². The van der Waals surface area contributed by atoms with E-state index in [9.17, 15) is 0 Å². The first kappa shape index (κ1) is 7.73. The van der Waals surface area contributed by atoms with E-state index in [2.05, 4.69) is 25.9 Å². The van der Waals surface area contributed by atoms with Gasteiger partial charge in [0.15, 0.2) is 17.1 Å². The lowest BCUT2D eigenvalue weighted by molar-refractivity contribution is 0.559. The molecule has 0 bridgehead atoms. The van der Waals surface area contributed by atoms with Gasteiger partial charge in [0.2, 0.25) is 0 Å². The van der Waals surface area contributed by atoms with Crippen molar-refractivity contribution in [2.75, 3.05) is 0 Å². The minimum Gasteiger partial charge on any atom is -0.439 e. The van der Waals surface area contributed by atoms with E-state index in [0.29, 0.717) is 11.5 Å². The molecule has 0 aromatic carbocycles. The summed E-state index contributed by atoms with van der Waals surface area (Å²) in [4.78, 5) is 8.30. The number of nitrogens with zero attached hydrogens (tertiary/aromatic N) is 2. The number of aromatic nitrogens is 2. The van der Waals surface area contributed by atoms with Crippen molar-refractivity contribution in [3.63, 3.8) is 0 Å². The molecule has 0 aliphatic rings. The number of hydrogen-bond acceptors (Lipinski definition) is 3. The van der Waals surface area contributed by atoms with E-state index >= 15 is 0 Å². The molecule has 0 radical (unpaired) electrons. The van der Waals surface area contributed by atoms with Crippen molar-refractivity contribution in [2.45, 2.75) is 13.8 Å². The van der Waals surface area contributed by atoms with Gasteiger partial charge < -0.3 is 4.42 Å². The molecule has 2 aromatic heterocycles. The standard InChI is InChI=1S/C8H7BrN2O/c1-4-3-6(9)11-8-7(4)12-5(2)10-8/h3H,1-2H3. The third-order valence-electron chi connectivity index (χ3n) is 1.62. The zero-order valence-electron chi connectivity index (χ0n) is 6.76. The lowest BCUT2D eigenvalue weighted by atomic mass is 10.3. The summed E-state index contributed by atoms with van der Waals surface area (Å²) in [6, 6.07) is 1.91. The Morgan fingerprint density at radius 1 is 1.33 bits per heavy atom. The minimum absolute atomic E-state index is 0.652. The predicted octanol–water partition coefficient (Wildman–Crippen LogP) is 2.60. The molecule has 62 valence electrons. The lowest BCUT2D eigenvalue weighted by Gasteiger charge is -1.92.